The summed E-state index contributed by atoms with van der Waals surface area (Å²) in [4.78, 5) is 17.3. The number of nitrogens with zero attached hydrogens (tertiary/aromatic N) is 4. The maximum atomic E-state index is 12.6. The summed E-state index contributed by atoms with van der Waals surface area (Å²) in [6.45, 7) is 1.77. The highest BCUT2D eigenvalue weighted by Gasteiger charge is 2.20. The van der Waals surface area contributed by atoms with Crippen molar-refractivity contribution in [2.24, 2.45) is 0 Å². The van der Waals surface area contributed by atoms with E-state index >= 15 is 0 Å². The molecule has 2 aromatic carbocycles. The number of thioether (sulfide) groups is 1. The lowest BCUT2D eigenvalue weighted by Gasteiger charge is -2.12. The zero-order valence-corrected chi connectivity index (χ0v) is 18.2. The normalized spacial score (nSPS) is 11.5. The predicted octanol–water partition coefficient (Wildman–Crippen LogP) is 5.26. The molecule has 1 unspecified atom stereocenters. The van der Waals surface area contributed by atoms with E-state index in [2.05, 4.69) is 21.6 Å². The van der Waals surface area contributed by atoms with E-state index < -0.39 is 5.25 Å². The fourth-order valence-corrected chi connectivity index (χ4v) is 4.32. The Labute approximate surface area is 188 Å². The molecule has 0 aliphatic carbocycles. The number of nitriles is 1. The summed E-state index contributed by atoms with van der Waals surface area (Å²) >= 11 is 2.54. The lowest BCUT2D eigenvalue weighted by Crippen LogP contribution is -2.22. The molecule has 6 nitrogen and oxygen atoms in total. The smallest absolute Gasteiger partial charge is 0.238 e. The van der Waals surface area contributed by atoms with Gasteiger partial charge in [-0.3, -0.25) is 4.79 Å². The van der Waals surface area contributed by atoms with E-state index in [1.54, 1.807) is 18.4 Å². The fourth-order valence-electron chi connectivity index (χ4n) is 2.87. The van der Waals surface area contributed by atoms with Gasteiger partial charge in [-0.15, -0.1) is 21.5 Å². The average molecular weight is 444 g/mol. The van der Waals surface area contributed by atoms with E-state index in [-0.39, 0.29) is 5.91 Å². The minimum Gasteiger partial charge on any atom is -0.316 e. The van der Waals surface area contributed by atoms with Crippen LogP contribution in [0.1, 0.15) is 12.5 Å². The van der Waals surface area contributed by atoms with Crippen LogP contribution in [-0.2, 0) is 4.79 Å². The van der Waals surface area contributed by atoms with E-state index in [0.717, 1.165) is 11.1 Å². The van der Waals surface area contributed by atoms with E-state index in [1.807, 2.05) is 60.7 Å². The molecule has 1 amide bonds. The van der Waals surface area contributed by atoms with Crippen LogP contribution >= 0.6 is 23.1 Å². The van der Waals surface area contributed by atoms with Gasteiger partial charge in [-0.25, -0.2) is 4.98 Å². The molecule has 0 aliphatic heterocycles. The molecule has 0 saturated heterocycles. The number of aromatic nitrogens is 3. The first-order valence-corrected chi connectivity index (χ1v) is 11.2. The third-order valence-electron chi connectivity index (χ3n) is 4.44. The van der Waals surface area contributed by atoms with Gasteiger partial charge in [0.25, 0.3) is 0 Å². The maximum absolute atomic E-state index is 12.6. The van der Waals surface area contributed by atoms with Crippen LogP contribution < -0.4 is 5.32 Å². The number of rotatable bonds is 6. The topological polar surface area (TPSA) is 91.6 Å². The Balaban J connectivity index is 1.60. The van der Waals surface area contributed by atoms with Gasteiger partial charge in [0.1, 0.15) is 22.5 Å². The van der Waals surface area contributed by atoms with Crippen LogP contribution in [0, 0.1) is 11.3 Å². The predicted molar refractivity (Wildman–Crippen MR) is 124 cm³/mol. The summed E-state index contributed by atoms with van der Waals surface area (Å²) < 4.78 is 0. The summed E-state index contributed by atoms with van der Waals surface area (Å²) in [6.07, 6.45) is 0. The Morgan fingerprint density at radius 3 is 2.29 bits per heavy atom. The van der Waals surface area contributed by atoms with Crippen LogP contribution in [0.5, 0.6) is 0 Å². The van der Waals surface area contributed by atoms with Gasteiger partial charge in [-0.2, -0.15) is 5.26 Å². The van der Waals surface area contributed by atoms with E-state index in [1.165, 1.54) is 23.1 Å². The molecule has 0 radical (unpaired) electrons. The molecule has 2 aromatic heterocycles. The standard InChI is InChI=1S/C23H17N5OS2/c1-15(21(29)26-22-18(14-24)12-13-30-22)31-23-25-19(16-8-4-2-5-9-16)20(27-28-23)17-10-6-3-7-11-17/h2-13,15H,1H3,(H,26,29). The molecule has 1 N–H and O–H groups in total. The number of hydrogen-bond acceptors (Lipinski definition) is 7. The lowest BCUT2D eigenvalue weighted by atomic mass is 10.0. The second-order valence-electron chi connectivity index (χ2n) is 6.55. The molecular formula is C23H17N5OS2. The van der Waals surface area contributed by atoms with Crippen LogP contribution in [0.4, 0.5) is 5.00 Å². The summed E-state index contributed by atoms with van der Waals surface area (Å²) in [6, 6.07) is 23.3. The fraction of sp³-hybridized carbons (Fsp3) is 0.0870. The van der Waals surface area contributed by atoms with Crippen LogP contribution in [0.2, 0.25) is 0 Å². The van der Waals surface area contributed by atoms with Crippen molar-refractivity contribution in [2.45, 2.75) is 17.3 Å². The molecular weight excluding hydrogens is 426 g/mol. The van der Waals surface area contributed by atoms with E-state index in [0.29, 0.717) is 27.1 Å². The van der Waals surface area contributed by atoms with Crippen molar-refractivity contribution in [3.63, 3.8) is 0 Å². The van der Waals surface area contributed by atoms with Gasteiger partial charge < -0.3 is 5.32 Å². The number of hydrogen-bond donors (Lipinski definition) is 1. The Kier molecular flexibility index (Phi) is 6.36. The van der Waals surface area contributed by atoms with Crippen molar-refractivity contribution in [3.05, 3.63) is 77.7 Å². The third kappa shape index (κ3) is 4.79. The molecule has 4 aromatic rings. The first-order chi connectivity index (χ1) is 15.2. The van der Waals surface area contributed by atoms with E-state index in [9.17, 15) is 4.79 Å². The molecule has 152 valence electrons. The molecule has 0 aliphatic rings. The summed E-state index contributed by atoms with van der Waals surface area (Å²) in [5.74, 6) is -0.221. The van der Waals surface area contributed by atoms with E-state index in [4.69, 9.17) is 10.2 Å². The number of nitrogens with one attached hydrogen (secondary N) is 1. The van der Waals surface area contributed by atoms with Crippen molar-refractivity contribution in [1.29, 1.82) is 5.26 Å². The zero-order chi connectivity index (χ0) is 21.6. The minimum atomic E-state index is -0.471. The molecule has 1 atom stereocenters. The van der Waals surface area contributed by atoms with Crippen molar-refractivity contribution >= 4 is 34.0 Å². The largest absolute Gasteiger partial charge is 0.316 e. The van der Waals surface area contributed by atoms with Crippen LogP contribution in [-0.4, -0.2) is 26.3 Å². The Morgan fingerprint density at radius 1 is 1.00 bits per heavy atom. The van der Waals surface area contributed by atoms with Crippen molar-refractivity contribution in [1.82, 2.24) is 15.2 Å². The number of benzene rings is 2. The second kappa shape index (κ2) is 9.51. The molecule has 0 fully saturated rings. The molecule has 0 bridgehead atoms. The van der Waals surface area contributed by atoms with Gasteiger partial charge in [0.15, 0.2) is 0 Å². The highest BCUT2D eigenvalue weighted by Crippen LogP contribution is 2.31. The molecule has 0 spiro atoms. The van der Waals surface area contributed by atoms with Gasteiger partial charge in [0.05, 0.1) is 10.8 Å². The van der Waals surface area contributed by atoms with Crippen LogP contribution in [0.15, 0.2) is 77.3 Å². The first-order valence-electron chi connectivity index (χ1n) is 9.46. The van der Waals surface area contributed by atoms with Gasteiger partial charge in [-0.1, -0.05) is 72.4 Å². The van der Waals surface area contributed by atoms with Crippen molar-refractivity contribution in [3.8, 4) is 28.6 Å². The number of thiophene rings is 1. The summed E-state index contributed by atoms with van der Waals surface area (Å²) in [5, 5.41) is 22.9. The molecule has 31 heavy (non-hydrogen) atoms. The Morgan fingerprint density at radius 2 is 1.65 bits per heavy atom. The van der Waals surface area contributed by atoms with Gasteiger partial charge in [0.2, 0.25) is 11.1 Å². The van der Waals surface area contributed by atoms with Crippen molar-refractivity contribution in [2.75, 3.05) is 5.32 Å². The highest BCUT2D eigenvalue weighted by molar-refractivity contribution is 8.00. The minimum absolute atomic E-state index is 0.221. The molecule has 4 rings (SSSR count). The zero-order valence-electron chi connectivity index (χ0n) is 16.5. The number of carbonyl (C=O) groups is 1. The van der Waals surface area contributed by atoms with Crippen molar-refractivity contribution < 1.29 is 4.79 Å². The van der Waals surface area contributed by atoms with Gasteiger partial charge in [0, 0.05) is 11.1 Å². The SMILES string of the molecule is CC(Sc1nnc(-c2ccccc2)c(-c2ccccc2)n1)C(=O)Nc1sccc1C#N. The number of amides is 1. The Hall–Kier alpha value is -3.54. The maximum Gasteiger partial charge on any atom is 0.238 e. The first kappa shape index (κ1) is 20.7. The number of anilines is 1. The molecule has 8 heteroatoms. The summed E-state index contributed by atoms with van der Waals surface area (Å²) in [5.41, 5.74) is 3.69. The highest BCUT2D eigenvalue weighted by atomic mass is 32.2. The third-order valence-corrected chi connectivity index (χ3v) is 6.22. The monoisotopic (exact) mass is 443 g/mol. The quantitative estimate of drug-likeness (QED) is 0.409. The second-order valence-corrected chi connectivity index (χ2v) is 8.77. The van der Waals surface area contributed by atoms with Gasteiger partial charge in [-0.05, 0) is 18.4 Å². The van der Waals surface area contributed by atoms with Gasteiger partial charge >= 0.3 is 0 Å². The average Bonchev–Trinajstić information content (AvgIpc) is 3.27. The molecule has 0 saturated carbocycles. The summed E-state index contributed by atoms with van der Waals surface area (Å²) in [7, 11) is 0. The van der Waals surface area contributed by atoms with Crippen LogP contribution in [0.25, 0.3) is 22.5 Å². The molecule has 2 heterocycles. The van der Waals surface area contributed by atoms with Crippen LogP contribution in [0.3, 0.4) is 0 Å². The lowest BCUT2D eigenvalue weighted by molar-refractivity contribution is -0.115. The number of carbonyl (C=O) groups excluding carboxylic acids is 1. The Bertz CT molecular complexity index is 1240.